The van der Waals surface area contributed by atoms with Crippen LogP contribution in [-0.2, 0) is 11.2 Å². The topological polar surface area (TPSA) is 41.5 Å². The average Bonchev–Trinajstić information content (AvgIpc) is 2.31. The second-order valence-electron chi connectivity index (χ2n) is 4.77. The van der Waals surface area contributed by atoms with Crippen molar-refractivity contribution in [1.29, 1.82) is 0 Å². The molecule has 0 radical (unpaired) electrons. The lowest BCUT2D eigenvalue weighted by molar-refractivity contribution is 0.00652. The highest BCUT2D eigenvalue weighted by molar-refractivity contribution is 5.18. The smallest absolute Gasteiger partial charge is 0.126 e. The molecule has 1 rings (SSSR count). The summed E-state index contributed by atoms with van der Waals surface area (Å²) in [7, 11) is 0. The van der Waals surface area contributed by atoms with Crippen molar-refractivity contribution in [3.63, 3.8) is 0 Å². The number of rotatable bonds is 8. The zero-order chi connectivity index (χ0) is 14.3. The lowest BCUT2D eigenvalue weighted by Gasteiger charge is -2.14. The standard InChI is InChI=1S/C14H21F2NO2/c1-10(2)19-9-14(18)8-17-4-3-11-5-12(15)7-13(16)6-11/h5-7,10,14,17-18H,3-4,8-9H2,1-2H3. The van der Waals surface area contributed by atoms with Gasteiger partial charge >= 0.3 is 0 Å². The second kappa shape index (κ2) is 8.19. The minimum Gasteiger partial charge on any atom is -0.389 e. The van der Waals surface area contributed by atoms with Crippen molar-refractivity contribution in [1.82, 2.24) is 5.32 Å². The van der Waals surface area contributed by atoms with Crippen molar-refractivity contribution < 1.29 is 18.6 Å². The van der Waals surface area contributed by atoms with Gasteiger partial charge in [0.25, 0.3) is 0 Å². The Morgan fingerprint density at radius 2 is 1.84 bits per heavy atom. The molecule has 19 heavy (non-hydrogen) atoms. The van der Waals surface area contributed by atoms with Gasteiger partial charge in [0.1, 0.15) is 11.6 Å². The minimum atomic E-state index is -0.577. The monoisotopic (exact) mass is 273 g/mol. The van der Waals surface area contributed by atoms with E-state index in [1.807, 2.05) is 13.8 Å². The molecule has 0 aliphatic rings. The van der Waals surface area contributed by atoms with E-state index in [9.17, 15) is 13.9 Å². The fourth-order valence-corrected chi connectivity index (χ4v) is 1.62. The molecule has 0 heterocycles. The zero-order valence-corrected chi connectivity index (χ0v) is 11.3. The van der Waals surface area contributed by atoms with E-state index >= 15 is 0 Å². The Kier molecular flexibility index (Phi) is 6.91. The van der Waals surface area contributed by atoms with Gasteiger partial charge in [-0.15, -0.1) is 0 Å². The van der Waals surface area contributed by atoms with E-state index in [1.165, 1.54) is 12.1 Å². The lowest BCUT2D eigenvalue weighted by Crippen LogP contribution is -2.32. The van der Waals surface area contributed by atoms with Gasteiger partial charge in [-0.05, 0) is 44.5 Å². The van der Waals surface area contributed by atoms with Gasteiger partial charge in [0.2, 0.25) is 0 Å². The van der Waals surface area contributed by atoms with Crippen LogP contribution < -0.4 is 5.32 Å². The summed E-state index contributed by atoms with van der Waals surface area (Å²) < 4.78 is 31.1. The first-order valence-corrected chi connectivity index (χ1v) is 6.42. The second-order valence-corrected chi connectivity index (χ2v) is 4.77. The summed E-state index contributed by atoms with van der Waals surface area (Å²) in [5.41, 5.74) is 0.595. The highest BCUT2D eigenvalue weighted by Crippen LogP contribution is 2.08. The van der Waals surface area contributed by atoms with Gasteiger partial charge in [-0.25, -0.2) is 8.78 Å². The SMILES string of the molecule is CC(C)OCC(O)CNCCc1cc(F)cc(F)c1. The van der Waals surface area contributed by atoms with E-state index in [2.05, 4.69) is 5.32 Å². The van der Waals surface area contributed by atoms with Crippen LogP contribution in [0.15, 0.2) is 18.2 Å². The average molecular weight is 273 g/mol. The van der Waals surface area contributed by atoms with Gasteiger partial charge in [-0.2, -0.15) is 0 Å². The summed E-state index contributed by atoms with van der Waals surface area (Å²) in [6, 6.07) is 3.47. The van der Waals surface area contributed by atoms with Gasteiger partial charge in [0.15, 0.2) is 0 Å². The molecule has 5 heteroatoms. The molecule has 1 unspecified atom stereocenters. The molecule has 1 aromatic carbocycles. The maximum Gasteiger partial charge on any atom is 0.126 e. The number of aliphatic hydroxyl groups excluding tert-OH is 1. The first kappa shape index (κ1) is 16.0. The van der Waals surface area contributed by atoms with Gasteiger partial charge in [-0.3, -0.25) is 0 Å². The van der Waals surface area contributed by atoms with Crippen molar-refractivity contribution in [3.8, 4) is 0 Å². The molecule has 3 nitrogen and oxygen atoms in total. The Labute approximate surface area is 112 Å². The van der Waals surface area contributed by atoms with Crippen LogP contribution in [0.4, 0.5) is 8.78 Å². The summed E-state index contributed by atoms with van der Waals surface area (Å²) in [5.74, 6) is -1.14. The van der Waals surface area contributed by atoms with Gasteiger partial charge in [-0.1, -0.05) is 0 Å². The number of hydrogen-bond acceptors (Lipinski definition) is 3. The van der Waals surface area contributed by atoms with Crippen LogP contribution in [0, 0.1) is 11.6 Å². The van der Waals surface area contributed by atoms with Crippen LogP contribution in [0.25, 0.3) is 0 Å². The molecular formula is C14H21F2NO2. The minimum absolute atomic E-state index is 0.0879. The maximum atomic E-state index is 12.9. The third kappa shape index (κ3) is 7.20. The summed E-state index contributed by atoms with van der Waals surface area (Å²) in [6.07, 6.45) is 0.0171. The first-order valence-electron chi connectivity index (χ1n) is 6.42. The molecule has 1 atom stereocenters. The zero-order valence-electron chi connectivity index (χ0n) is 11.3. The maximum absolute atomic E-state index is 12.9. The van der Waals surface area contributed by atoms with E-state index in [1.54, 1.807) is 0 Å². The molecule has 0 spiro atoms. The number of nitrogens with one attached hydrogen (secondary N) is 1. The third-order valence-electron chi connectivity index (χ3n) is 2.51. The Balaban J connectivity index is 2.19. The molecule has 1 aromatic rings. The Bertz CT molecular complexity index is 365. The Morgan fingerprint density at radius 1 is 1.21 bits per heavy atom. The molecular weight excluding hydrogens is 252 g/mol. The lowest BCUT2D eigenvalue weighted by atomic mass is 10.1. The van der Waals surface area contributed by atoms with Crippen molar-refractivity contribution in [2.24, 2.45) is 0 Å². The first-order chi connectivity index (χ1) is 8.97. The van der Waals surface area contributed by atoms with Crippen molar-refractivity contribution >= 4 is 0 Å². The normalized spacial score (nSPS) is 12.9. The molecule has 0 aliphatic carbocycles. The molecule has 108 valence electrons. The molecule has 0 saturated heterocycles. The molecule has 0 saturated carbocycles. The van der Waals surface area contributed by atoms with E-state index in [0.717, 1.165) is 6.07 Å². The predicted molar refractivity (Wildman–Crippen MR) is 70.0 cm³/mol. The number of hydrogen-bond donors (Lipinski definition) is 2. The van der Waals surface area contributed by atoms with Crippen LogP contribution in [0.1, 0.15) is 19.4 Å². The van der Waals surface area contributed by atoms with E-state index in [0.29, 0.717) is 25.1 Å². The van der Waals surface area contributed by atoms with Crippen LogP contribution in [0.2, 0.25) is 0 Å². The summed E-state index contributed by atoms with van der Waals surface area (Å²) in [4.78, 5) is 0. The van der Waals surface area contributed by atoms with Crippen LogP contribution in [0.3, 0.4) is 0 Å². The quantitative estimate of drug-likeness (QED) is 0.711. The summed E-state index contributed by atoms with van der Waals surface area (Å²) in [5, 5.41) is 12.6. The van der Waals surface area contributed by atoms with Crippen molar-refractivity contribution in [3.05, 3.63) is 35.4 Å². The van der Waals surface area contributed by atoms with Gasteiger partial charge in [0, 0.05) is 12.6 Å². The van der Waals surface area contributed by atoms with Crippen LogP contribution >= 0.6 is 0 Å². The summed E-state index contributed by atoms with van der Waals surface area (Å²) >= 11 is 0. The number of halogens is 2. The fourth-order valence-electron chi connectivity index (χ4n) is 1.62. The van der Waals surface area contributed by atoms with Crippen LogP contribution in [0.5, 0.6) is 0 Å². The van der Waals surface area contributed by atoms with Crippen molar-refractivity contribution in [2.75, 3.05) is 19.7 Å². The molecule has 0 aromatic heterocycles. The highest BCUT2D eigenvalue weighted by atomic mass is 19.1. The molecule has 0 fully saturated rings. The largest absolute Gasteiger partial charge is 0.389 e. The molecule has 0 aliphatic heterocycles. The van der Waals surface area contributed by atoms with Gasteiger partial charge in [0.05, 0.1) is 18.8 Å². The Hall–Kier alpha value is -1.04. The van der Waals surface area contributed by atoms with E-state index < -0.39 is 17.7 Å². The fraction of sp³-hybridized carbons (Fsp3) is 0.571. The molecule has 2 N–H and O–H groups in total. The number of benzene rings is 1. The molecule has 0 bridgehead atoms. The van der Waals surface area contributed by atoms with Crippen molar-refractivity contribution in [2.45, 2.75) is 32.5 Å². The number of ether oxygens (including phenoxy) is 1. The Morgan fingerprint density at radius 3 is 2.42 bits per heavy atom. The van der Waals surface area contributed by atoms with Gasteiger partial charge < -0.3 is 15.2 Å². The predicted octanol–water partition coefficient (Wildman–Crippen LogP) is 1.88. The van der Waals surface area contributed by atoms with E-state index in [-0.39, 0.29) is 12.7 Å². The highest BCUT2D eigenvalue weighted by Gasteiger charge is 2.05. The molecule has 0 amide bonds. The van der Waals surface area contributed by atoms with Crippen LogP contribution in [-0.4, -0.2) is 37.0 Å². The van der Waals surface area contributed by atoms with E-state index in [4.69, 9.17) is 4.74 Å². The summed E-state index contributed by atoms with van der Waals surface area (Å²) in [6.45, 7) is 5.02. The number of aliphatic hydroxyl groups is 1. The third-order valence-corrected chi connectivity index (χ3v) is 2.51.